The van der Waals surface area contributed by atoms with Crippen LogP contribution in [0.3, 0.4) is 0 Å². The normalized spacial score (nSPS) is 15.1. The van der Waals surface area contributed by atoms with Gasteiger partial charge in [-0.05, 0) is 52.2 Å². The molecule has 3 rings (SSSR count). The number of benzene rings is 1. The third-order valence-corrected chi connectivity index (χ3v) is 4.54. The van der Waals surface area contributed by atoms with Crippen LogP contribution in [-0.2, 0) is 0 Å². The Hall–Kier alpha value is -2.63. The average Bonchev–Trinajstić information content (AvgIpc) is 2.61. The molecule has 0 aliphatic carbocycles. The van der Waals surface area contributed by atoms with Crippen LogP contribution < -0.4 is 5.43 Å². The Morgan fingerprint density at radius 2 is 1.73 bits per heavy atom. The molecule has 0 atom stereocenters. The van der Waals surface area contributed by atoms with Crippen molar-refractivity contribution in [2.45, 2.75) is 45.6 Å². The van der Waals surface area contributed by atoms with Gasteiger partial charge in [-0.2, -0.15) is 0 Å². The molecule has 0 N–H and O–H groups in total. The van der Waals surface area contributed by atoms with E-state index in [1.807, 2.05) is 0 Å². The molecule has 6 nitrogen and oxygen atoms in total. The molecule has 2 aromatic rings. The molecule has 2 heterocycles. The van der Waals surface area contributed by atoms with Gasteiger partial charge >= 0.3 is 6.03 Å². The van der Waals surface area contributed by atoms with Crippen LogP contribution >= 0.6 is 0 Å². The summed E-state index contributed by atoms with van der Waals surface area (Å²) in [4.78, 5) is 41.4. The van der Waals surface area contributed by atoms with E-state index in [1.165, 1.54) is 11.0 Å². The van der Waals surface area contributed by atoms with E-state index in [9.17, 15) is 14.4 Å². The van der Waals surface area contributed by atoms with Crippen molar-refractivity contribution >= 4 is 22.9 Å². The Balaban J connectivity index is 2.00. The molecule has 138 valence electrons. The van der Waals surface area contributed by atoms with Crippen LogP contribution in [0.25, 0.3) is 11.0 Å². The summed E-state index contributed by atoms with van der Waals surface area (Å²) in [5.41, 5.74) is -0.701. The maximum absolute atomic E-state index is 13.1. The molecule has 0 unspecified atom stereocenters. The van der Waals surface area contributed by atoms with Gasteiger partial charge in [0, 0.05) is 24.7 Å². The monoisotopic (exact) mass is 356 g/mol. The Morgan fingerprint density at radius 3 is 2.38 bits per heavy atom. The summed E-state index contributed by atoms with van der Waals surface area (Å²) < 4.78 is 5.66. The number of hydrogen-bond donors (Lipinski definition) is 0. The van der Waals surface area contributed by atoms with Crippen LogP contribution in [0.5, 0.6) is 0 Å². The van der Waals surface area contributed by atoms with Crippen molar-refractivity contribution < 1.29 is 14.0 Å². The lowest BCUT2D eigenvalue weighted by Gasteiger charge is -2.38. The molecule has 1 aliphatic heterocycles. The van der Waals surface area contributed by atoms with E-state index in [4.69, 9.17) is 4.42 Å². The smallest absolute Gasteiger partial charge is 0.327 e. The van der Waals surface area contributed by atoms with Crippen LogP contribution in [-0.4, -0.2) is 40.4 Å². The first-order valence-electron chi connectivity index (χ1n) is 8.95. The van der Waals surface area contributed by atoms with Crippen molar-refractivity contribution in [2.75, 3.05) is 13.1 Å². The number of hydrogen-bond acceptors (Lipinski definition) is 4. The predicted octanol–water partition coefficient (Wildman–Crippen LogP) is 3.64. The van der Waals surface area contributed by atoms with Gasteiger partial charge in [-0.3, -0.25) is 14.5 Å². The van der Waals surface area contributed by atoms with Gasteiger partial charge in [-0.1, -0.05) is 12.1 Å². The largest absolute Gasteiger partial charge is 0.451 e. The summed E-state index contributed by atoms with van der Waals surface area (Å²) in [6.45, 7) is 6.67. The third-order valence-electron chi connectivity index (χ3n) is 4.54. The highest BCUT2D eigenvalue weighted by atomic mass is 16.3. The molecular weight excluding hydrogens is 332 g/mol. The maximum atomic E-state index is 13.1. The Morgan fingerprint density at radius 1 is 1.08 bits per heavy atom. The number of carbonyl (C=O) groups is 2. The fourth-order valence-electron chi connectivity index (χ4n) is 3.22. The Kier molecular flexibility index (Phi) is 4.85. The van der Waals surface area contributed by atoms with Gasteiger partial charge in [0.1, 0.15) is 5.58 Å². The number of rotatable bonds is 1. The molecule has 0 saturated carbocycles. The van der Waals surface area contributed by atoms with Crippen molar-refractivity contribution in [1.29, 1.82) is 0 Å². The quantitative estimate of drug-likeness (QED) is 0.782. The fraction of sp³-hybridized carbons (Fsp3) is 0.450. The van der Waals surface area contributed by atoms with Gasteiger partial charge in [-0.15, -0.1) is 0 Å². The molecule has 1 saturated heterocycles. The van der Waals surface area contributed by atoms with Crippen LogP contribution in [0.2, 0.25) is 0 Å². The van der Waals surface area contributed by atoms with Gasteiger partial charge in [-0.25, -0.2) is 4.79 Å². The number of imide groups is 1. The first-order valence-corrected chi connectivity index (χ1v) is 8.95. The van der Waals surface area contributed by atoms with Gasteiger partial charge in [0.25, 0.3) is 5.91 Å². The lowest BCUT2D eigenvalue weighted by molar-refractivity contribution is 0.0563. The number of nitrogens with zero attached hydrogens (tertiary/aromatic N) is 2. The number of likely N-dealkylation sites (tertiary alicyclic amines) is 1. The standard InChI is InChI=1S/C20H24N2O4/c1-20(2,3)22(19(25)21-11-7-4-8-12-21)18(24)17-13-15(23)14-9-5-6-10-16(14)26-17/h5-6,9-10,13H,4,7-8,11-12H2,1-3H3. The maximum Gasteiger partial charge on any atom is 0.327 e. The average molecular weight is 356 g/mol. The minimum atomic E-state index is -0.740. The first kappa shape index (κ1) is 18.2. The molecule has 0 spiro atoms. The summed E-state index contributed by atoms with van der Waals surface area (Å²) >= 11 is 0. The minimum Gasteiger partial charge on any atom is -0.451 e. The van der Waals surface area contributed by atoms with Gasteiger partial charge in [0.15, 0.2) is 11.2 Å². The number of para-hydroxylation sites is 1. The van der Waals surface area contributed by atoms with Crippen LogP contribution in [0, 0.1) is 0 Å². The van der Waals surface area contributed by atoms with E-state index in [2.05, 4.69) is 0 Å². The summed E-state index contributed by atoms with van der Waals surface area (Å²) in [5, 5.41) is 0.411. The van der Waals surface area contributed by atoms with Gasteiger partial charge < -0.3 is 9.32 Å². The van der Waals surface area contributed by atoms with Crippen molar-refractivity contribution in [3.8, 4) is 0 Å². The van der Waals surface area contributed by atoms with Crippen LogP contribution in [0.15, 0.2) is 39.5 Å². The zero-order chi connectivity index (χ0) is 18.9. The zero-order valence-electron chi connectivity index (χ0n) is 15.4. The van der Waals surface area contributed by atoms with Gasteiger partial charge in [0.05, 0.1) is 5.39 Å². The van der Waals surface area contributed by atoms with Gasteiger partial charge in [0.2, 0.25) is 0 Å². The minimum absolute atomic E-state index is 0.117. The molecule has 1 fully saturated rings. The van der Waals surface area contributed by atoms with E-state index < -0.39 is 11.4 Å². The predicted molar refractivity (Wildman–Crippen MR) is 99.2 cm³/mol. The molecule has 1 aromatic heterocycles. The Labute approximate surface area is 152 Å². The molecule has 1 aliphatic rings. The van der Waals surface area contributed by atoms with Crippen molar-refractivity contribution in [3.63, 3.8) is 0 Å². The summed E-state index contributed by atoms with van der Waals surface area (Å²) in [5.74, 6) is -0.704. The number of fused-ring (bicyclic) bond motifs is 1. The second-order valence-electron chi connectivity index (χ2n) is 7.61. The summed E-state index contributed by atoms with van der Waals surface area (Å²) in [6, 6.07) is 7.60. The second-order valence-corrected chi connectivity index (χ2v) is 7.61. The summed E-state index contributed by atoms with van der Waals surface area (Å²) in [7, 11) is 0. The van der Waals surface area contributed by atoms with E-state index in [-0.39, 0.29) is 17.2 Å². The number of amides is 3. The number of urea groups is 1. The molecular formula is C20H24N2O4. The third kappa shape index (κ3) is 3.49. The van der Waals surface area contributed by atoms with E-state index in [0.717, 1.165) is 19.3 Å². The molecule has 0 radical (unpaired) electrons. The van der Waals surface area contributed by atoms with Crippen molar-refractivity contribution in [2.24, 2.45) is 0 Å². The SMILES string of the molecule is CC(C)(C)N(C(=O)c1cc(=O)c2ccccc2o1)C(=O)N1CCCCC1. The van der Waals surface area contributed by atoms with Crippen molar-refractivity contribution in [1.82, 2.24) is 9.80 Å². The summed E-state index contributed by atoms with van der Waals surface area (Å²) in [6.07, 6.45) is 2.96. The number of carbonyl (C=O) groups excluding carboxylic acids is 2. The van der Waals surface area contributed by atoms with Crippen LogP contribution in [0.4, 0.5) is 4.79 Å². The highest BCUT2D eigenvalue weighted by Gasteiger charge is 2.37. The molecule has 6 heteroatoms. The highest BCUT2D eigenvalue weighted by molar-refractivity contribution is 6.03. The topological polar surface area (TPSA) is 70.8 Å². The highest BCUT2D eigenvalue weighted by Crippen LogP contribution is 2.22. The van der Waals surface area contributed by atoms with E-state index in [1.54, 1.807) is 49.9 Å². The van der Waals surface area contributed by atoms with Crippen molar-refractivity contribution in [3.05, 3.63) is 46.3 Å². The molecule has 26 heavy (non-hydrogen) atoms. The lowest BCUT2D eigenvalue weighted by Crippen LogP contribution is -2.55. The Bertz CT molecular complexity index is 889. The lowest BCUT2D eigenvalue weighted by atomic mass is 10.0. The zero-order valence-corrected chi connectivity index (χ0v) is 15.4. The van der Waals surface area contributed by atoms with E-state index >= 15 is 0 Å². The molecule has 1 aromatic carbocycles. The second kappa shape index (κ2) is 6.94. The number of piperidine rings is 1. The molecule has 0 bridgehead atoms. The first-order chi connectivity index (χ1) is 12.3. The van der Waals surface area contributed by atoms with E-state index in [0.29, 0.717) is 24.1 Å². The molecule has 3 amide bonds. The van der Waals surface area contributed by atoms with Crippen LogP contribution in [0.1, 0.15) is 50.6 Å². The fourth-order valence-corrected chi connectivity index (χ4v) is 3.22.